The van der Waals surface area contributed by atoms with Gasteiger partial charge in [0.25, 0.3) is 0 Å². The van der Waals surface area contributed by atoms with Crippen LogP contribution in [0.15, 0.2) is 48.8 Å². The summed E-state index contributed by atoms with van der Waals surface area (Å²) in [4.78, 5) is 0. The summed E-state index contributed by atoms with van der Waals surface area (Å²) < 4.78 is 2.13. The first-order valence-corrected chi connectivity index (χ1v) is 7.37. The Balaban J connectivity index is 1.79. The molecule has 0 amide bonds. The molecule has 2 heteroatoms. The summed E-state index contributed by atoms with van der Waals surface area (Å²) in [6.07, 6.45) is 10.8. The van der Waals surface area contributed by atoms with E-state index in [1.807, 2.05) is 12.1 Å². The van der Waals surface area contributed by atoms with Gasteiger partial charge in [-0.2, -0.15) is 0 Å². The van der Waals surface area contributed by atoms with Gasteiger partial charge in [-0.25, -0.2) is 0 Å². The zero-order valence-corrected chi connectivity index (χ0v) is 11.8. The lowest BCUT2D eigenvalue weighted by atomic mass is 10.1. The van der Waals surface area contributed by atoms with Crippen molar-refractivity contribution < 1.29 is 0 Å². The van der Waals surface area contributed by atoms with Crippen LogP contribution >= 0.6 is 0 Å². The van der Waals surface area contributed by atoms with E-state index in [0.29, 0.717) is 0 Å². The quantitative estimate of drug-likeness (QED) is 0.667. The van der Waals surface area contributed by atoms with Gasteiger partial charge < -0.3 is 9.88 Å². The molecule has 1 aromatic carbocycles. The first kappa shape index (κ1) is 13.7. The molecule has 1 aromatic heterocycles. The van der Waals surface area contributed by atoms with Crippen LogP contribution in [0.2, 0.25) is 0 Å². The summed E-state index contributed by atoms with van der Waals surface area (Å²) >= 11 is 0. The van der Waals surface area contributed by atoms with Crippen molar-refractivity contribution >= 4 is 5.69 Å². The Kier molecular flexibility index (Phi) is 5.54. The topological polar surface area (TPSA) is 17.0 Å². The van der Waals surface area contributed by atoms with E-state index in [0.717, 1.165) is 6.54 Å². The van der Waals surface area contributed by atoms with Crippen LogP contribution in [0, 0.1) is 0 Å². The predicted molar refractivity (Wildman–Crippen MR) is 83.0 cm³/mol. The van der Waals surface area contributed by atoms with Gasteiger partial charge in [0, 0.05) is 30.3 Å². The molecule has 0 bridgehead atoms. The van der Waals surface area contributed by atoms with Gasteiger partial charge in [-0.05, 0) is 36.8 Å². The van der Waals surface area contributed by atoms with Gasteiger partial charge >= 0.3 is 0 Å². The molecule has 0 radical (unpaired) electrons. The number of rotatable bonds is 8. The molecule has 2 rings (SSSR count). The van der Waals surface area contributed by atoms with E-state index in [2.05, 4.69) is 53.5 Å². The Bertz CT molecular complexity index is 460. The second-order valence-electron chi connectivity index (χ2n) is 4.98. The van der Waals surface area contributed by atoms with Crippen molar-refractivity contribution in [2.45, 2.75) is 39.0 Å². The number of anilines is 1. The van der Waals surface area contributed by atoms with Crippen LogP contribution in [0.4, 0.5) is 5.69 Å². The molecule has 0 spiro atoms. The van der Waals surface area contributed by atoms with Crippen LogP contribution in [0.5, 0.6) is 0 Å². The molecule has 1 N–H and O–H groups in total. The van der Waals surface area contributed by atoms with Gasteiger partial charge in [-0.1, -0.05) is 38.7 Å². The molecule has 102 valence electrons. The van der Waals surface area contributed by atoms with Crippen molar-refractivity contribution in [1.29, 1.82) is 0 Å². The minimum absolute atomic E-state index is 1.07. The molecular weight excluding hydrogens is 232 g/mol. The second kappa shape index (κ2) is 7.67. The van der Waals surface area contributed by atoms with Gasteiger partial charge in [-0.3, -0.25) is 0 Å². The van der Waals surface area contributed by atoms with Gasteiger partial charge in [0.1, 0.15) is 0 Å². The highest BCUT2D eigenvalue weighted by Gasteiger charge is 1.97. The smallest absolute Gasteiger partial charge is 0.0469 e. The average Bonchev–Trinajstić information content (AvgIpc) is 2.97. The number of aromatic nitrogens is 1. The fourth-order valence-corrected chi connectivity index (χ4v) is 2.24. The highest BCUT2D eigenvalue weighted by molar-refractivity contribution is 5.51. The van der Waals surface area contributed by atoms with Crippen molar-refractivity contribution in [3.63, 3.8) is 0 Å². The monoisotopic (exact) mass is 256 g/mol. The van der Waals surface area contributed by atoms with Crippen LogP contribution in [0.1, 0.15) is 39.0 Å². The predicted octanol–water partition coefficient (Wildman–Crippen LogP) is 4.86. The fourth-order valence-electron chi connectivity index (χ4n) is 2.24. The summed E-state index contributed by atoms with van der Waals surface area (Å²) in [6.45, 7) is 3.32. The maximum atomic E-state index is 3.51. The molecule has 2 aromatic rings. The normalized spacial score (nSPS) is 10.6. The van der Waals surface area contributed by atoms with Gasteiger partial charge in [0.15, 0.2) is 0 Å². The molecule has 2 nitrogen and oxygen atoms in total. The summed E-state index contributed by atoms with van der Waals surface area (Å²) in [5.74, 6) is 0. The third-order valence-electron chi connectivity index (χ3n) is 3.36. The number of nitrogens with zero attached hydrogens (tertiary/aromatic N) is 1. The molecule has 0 aliphatic heterocycles. The number of nitrogens with one attached hydrogen (secondary N) is 1. The van der Waals surface area contributed by atoms with Crippen LogP contribution in [0.3, 0.4) is 0 Å². The Morgan fingerprint density at radius 3 is 2.53 bits per heavy atom. The third-order valence-corrected chi connectivity index (χ3v) is 3.36. The lowest BCUT2D eigenvalue weighted by molar-refractivity contribution is 0.645. The minimum atomic E-state index is 1.07. The molecule has 0 aliphatic rings. The van der Waals surface area contributed by atoms with Crippen LogP contribution in [0.25, 0.3) is 5.69 Å². The van der Waals surface area contributed by atoms with Crippen LogP contribution in [-0.4, -0.2) is 11.1 Å². The van der Waals surface area contributed by atoms with E-state index in [1.54, 1.807) is 0 Å². The SMILES string of the molecule is CCCCCCCNc1cccc(-n2cccc2)c1. The van der Waals surface area contributed by atoms with E-state index in [4.69, 9.17) is 0 Å². The Morgan fingerprint density at radius 2 is 1.74 bits per heavy atom. The summed E-state index contributed by atoms with van der Waals surface area (Å²) in [7, 11) is 0. The fraction of sp³-hybridized carbons (Fsp3) is 0.412. The van der Waals surface area contributed by atoms with Gasteiger partial charge in [0.2, 0.25) is 0 Å². The van der Waals surface area contributed by atoms with Crippen molar-refractivity contribution in [1.82, 2.24) is 4.57 Å². The zero-order valence-electron chi connectivity index (χ0n) is 11.8. The van der Waals surface area contributed by atoms with Crippen molar-refractivity contribution in [2.24, 2.45) is 0 Å². The molecule has 0 saturated carbocycles. The van der Waals surface area contributed by atoms with E-state index in [1.165, 1.54) is 43.5 Å². The first-order valence-electron chi connectivity index (χ1n) is 7.37. The third kappa shape index (κ3) is 4.47. The molecule has 0 fully saturated rings. The Morgan fingerprint density at radius 1 is 0.947 bits per heavy atom. The van der Waals surface area contributed by atoms with Gasteiger partial charge in [0.05, 0.1) is 0 Å². The lowest BCUT2D eigenvalue weighted by Crippen LogP contribution is -2.02. The summed E-state index contributed by atoms with van der Waals surface area (Å²) in [6, 6.07) is 12.7. The lowest BCUT2D eigenvalue weighted by Gasteiger charge is -2.09. The minimum Gasteiger partial charge on any atom is -0.385 e. The molecule has 0 unspecified atom stereocenters. The molecule has 0 aliphatic carbocycles. The van der Waals surface area contributed by atoms with E-state index >= 15 is 0 Å². The molecular formula is C17H24N2. The maximum absolute atomic E-state index is 3.51. The van der Waals surface area contributed by atoms with Crippen LogP contribution < -0.4 is 5.32 Å². The largest absolute Gasteiger partial charge is 0.385 e. The summed E-state index contributed by atoms with van der Waals surface area (Å²) in [5.41, 5.74) is 2.42. The molecule has 0 atom stereocenters. The standard InChI is InChI=1S/C17H24N2/c1-2-3-4-5-6-12-18-16-10-9-11-17(15-16)19-13-7-8-14-19/h7-11,13-15,18H,2-6,12H2,1H3. The average molecular weight is 256 g/mol. The van der Waals surface area contributed by atoms with Crippen LogP contribution in [-0.2, 0) is 0 Å². The first-order chi connectivity index (χ1) is 9.40. The van der Waals surface area contributed by atoms with Gasteiger partial charge in [-0.15, -0.1) is 0 Å². The van der Waals surface area contributed by atoms with Crippen molar-refractivity contribution in [3.8, 4) is 5.69 Å². The molecule has 0 saturated heterocycles. The molecule has 1 heterocycles. The Hall–Kier alpha value is -1.70. The number of hydrogen-bond donors (Lipinski definition) is 1. The molecule has 19 heavy (non-hydrogen) atoms. The zero-order chi connectivity index (χ0) is 13.3. The second-order valence-corrected chi connectivity index (χ2v) is 4.98. The van der Waals surface area contributed by atoms with E-state index < -0.39 is 0 Å². The Labute approximate surface area is 116 Å². The number of hydrogen-bond acceptors (Lipinski definition) is 1. The highest BCUT2D eigenvalue weighted by atomic mass is 14.9. The van der Waals surface area contributed by atoms with E-state index in [9.17, 15) is 0 Å². The van der Waals surface area contributed by atoms with Crippen molar-refractivity contribution in [3.05, 3.63) is 48.8 Å². The highest BCUT2D eigenvalue weighted by Crippen LogP contribution is 2.15. The van der Waals surface area contributed by atoms with Crippen molar-refractivity contribution in [2.75, 3.05) is 11.9 Å². The summed E-state index contributed by atoms with van der Waals surface area (Å²) in [5, 5.41) is 3.51. The van der Waals surface area contributed by atoms with E-state index in [-0.39, 0.29) is 0 Å². The number of unbranched alkanes of at least 4 members (excludes halogenated alkanes) is 4. The maximum Gasteiger partial charge on any atom is 0.0469 e. The number of benzene rings is 1.